The van der Waals surface area contributed by atoms with Crippen LogP contribution in [-0.2, 0) is 12.7 Å². The van der Waals surface area contributed by atoms with Crippen molar-refractivity contribution in [2.24, 2.45) is 0 Å². The summed E-state index contributed by atoms with van der Waals surface area (Å²) >= 11 is 0. The van der Waals surface area contributed by atoms with Gasteiger partial charge >= 0.3 is 6.18 Å². The standard InChI is InChI=1S/C22H18F3N3O3/c1-26-21(30)19-12-18(8-9-27-19)31-17-7-3-5-15(11-17)20(29)28-13-14-4-2-6-16(10-14)22(23,24)25/h2-12H,13H2,1H3,(H,26,30)(H,28,29). The van der Waals surface area contributed by atoms with Crippen LogP contribution in [0.25, 0.3) is 0 Å². The fourth-order valence-electron chi connectivity index (χ4n) is 2.71. The van der Waals surface area contributed by atoms with Crippen LogP contribution in [-0.4, -0.2) is 23.8 Å². The first kappa shape index (κ1) is 21.8. The predicted molar refractivity (Wildman–Crippen MR) is 107 cm³/mol. The number of halogens is 3. The second kappa shape index (κ2) is 9.29. The molecule has 9 heteroatoms. The molecule has 0 bridgehead atoms. The van der Waals surface area contributed by atoms with Crippen molar-refractivity contribution >= 4 is 11.8 Å². The van der Waals surface area contributed by atoms with Gasteiger partial charge in [-0.2, -0.15) is 13.2 Å². The van der Waals surface area contributed by atoms with Crippen molar-refractivity contribution in [2.75, 3.05) is 7.05 Å². The van der Waals surface area contributed by atoms with E-state index in [4.69, 9.17) is 4.74 Å². The Labute approximate surface area is 176 Å². The number of pyridine rings is 1. The van der Waals surface area contributed by atoms with Gasteiger partial charge in [-0.05, 0) is 42.0 Å². The van der Waals surface area contributed by atoms with E-state index < -0.39 is 17.6 Å². The van der Waals surface area contributed by atoms with Gasteiger partial charge in [-0.1, -0.05) is 18.2 Å². The molecule has 0 aliphatic rings. The van der Waals surface area contributed by atoms with Gasteiger partial charge in [0.1, 0.15) is 17.2 Å². The molecule has 0 spiro atoms. The van der Waals surface area contributed by atoms with E-state index in [1.807, 2.05) is 0 Å². The summed E-state index contributed by atoms with van der Waals surface area (Å²) in [5.74, 6) is -0.132. The number of rotatable bonds is 6. The molecule has 2 aromatic carbocycles. The zero-order chi connectivity index (χ0) is 22.4. The van der Waals surface area contributed by atoms with E-state index in [0.29, 0.717) is 17.1 Å². The second-order valence-corrected chi connectivity index (χ2v) is 6.47. The number of alkyl halides is 3. The number of aromatic nitrogens is 1. The molecular weight excluding hydrogens is 411 g/mol. The third kappa shape index (κ3) is 5.81. The van der Waals surface area contributed by atoms with Gasteiger partial charge in [0.15, 0.2) is 0 Å². The molecule has 0 saturated carbocycles. The Morgan fingerprint density at radius 3 is 2.45 bits per heavy atom. The predicted octanol–water partition coefficient (Wildman–Crippen LogP) is 4.18. The second-order valence-electron chi connectivity index (χ2n) is 6.47. The molecule has 3 aromatic rings. The van der Waals surface area contributed by atoms with Gasteiger partial charge in [0.2, 0.25) is 0 Å². The highest BCUT2D eigenvalue weighted by Gasteiger charge is 2.30. The molecule has 1 heterocycles. The molecule has 0 aliphatic heterocycles. The molecule has 0 radical (unpaired) electrons. The largest absolute Gasteiger partial charge is 0.457 e. The molecule has 6 nitrogen and oxygen atoms in total. The minimum Gasteiger partial charge on any atom is -0.457 e. The minimum absolute atomic E-state index is 0.0618. The average Bonchev–Trinajstić information content (AvgIpc) is 2.77. The van der Waals surface area contributed by atoms with Crippen molar-refractivity contribution in [1.82, 2.24) is 15.6 Å². The number of benzene rings is 2. The molecule has 0 atom stereocenters. The summed E-state index contributed by atoms with van der Waals surface area (Å²) in [7, 11) is 1.49. The van der Waals surface area contributed by atoms with E-state index in [0.717, 1.165) is 12.1 Å². The smallest absolute Gasteiger partial charge is 0.416 e. The fraction of sp³-hybridized carbons (Fsp3) is 0.136. The van der Waals surface area contributed by atoms with Crippen LogP contribution in [0, 0.1) is 0 Å². The highest BCUT2D eigenvalue weighted by atomic mass is 19.4. The van der Waals surface area contributed by atoms with Crippen LogP contribution < -0.4 is 15.4 Å². The van der Waals surface area contributed by atoms with Crippen LogP contribution in [0.5, 0.6) is 11.5 Å². The summed E-state index contributed by atoms with van der Waals surface area (Å²) in [6, 6.07) is 14.1. The zero-order valence-electron chi connectivity index (χ0n) is 16.4. The van der Waals surface area contributed by atoms with Crippen LogP contribution in [0.4, 0.5) is 13.2 Å². The fourth-order valence-corrected chi connectivity index (χ4v) is 2.71. The molecule has 160 valence electrons. The number of carbonyl (C=O) groups excluding carboxylic acids is 2. The Morgan fingerprint density at radius 1 is 0.968 bits per heavy atom. The van der Waals surface area contributed by atoms with Crippen LogP contribution in [0.2, 0.25) is 0 Å². The number of hydrogen-bond donors (Lipinski definition) is 2. The summed E-state index contributed by atoms with van der Waals surface area (Å²) in [6.45, 7) is -0.0618. The molecule has 2 N–H and O–H groups in total. The van der Waals surface area contributed by atoms with E-state index >= 15 is 0 Å². The molecule has 1 aromatic heterocycles. The molecule has 0 unspecified atom stereocenters. The first-order valence-electron chi connectivity index (χ1n) is 9.16. The van der Waals surface area contributed by atoms with Crippen molar-refractivity contribution in [1.29, 1.82) is 0 Å². The summed E-state index contributed by atoms with van der Waals surface area (Å²) in [6.07, 6.45) is -3.03. The maximum atomic E-state index is 12.8. The first-order valence-corrected chi connectivity index (χ1v) is 9.16. The number of amides is 2. The van der Waals surface area contributed by atoms with Crippen LogP contribution in [0.15, 0.2) is 66.9 Å². The van der Waals surface area contributed by atoms with Crippen LogP contribution in [0.3, 0.4) is 0 Å². The summed E-state index contributed by atoms with van der Waals surface area (Å²) in [4.78, 5) is 28.1. The van der Waals surface area contributed by atoms with Crippen molar-refractivity contribution in [3.63, 3.8) is 0 Å². The van der Waals surface area contributed by atoms with Crippen molar-refractivity contribution in [3.8, 4) is 11.5 Å². The molecule has 0 saturated heterocycles. The first-order chi connectivity index (χ1) is 14.8. The van der Waals surface area contributed by atoms with Crippen LogP contribution in [0.1, 0.15) is 32.0 Å². The lowest BCUT2D eigenvalue weighted by Gasteiger charge is -2.11. The van der Waals surface area contributed by atoms with Gasteiger partial charge < -0.3 is 15.4 Å². The van der Waals surface area contributed by atoms with Gasteiger partial charge in [-0.15, -0.1) is 0 Å². The molecular formula is C22H18F3N3O3. The topological polar surface area (TPSA) is 80.3 Å². The maximum absolute atomic E-state index is 12.8. The van der Waals surface area contributed by atoms with Gasteiger partial charge in [0.25, 0.3) is 11.8 Å². The average molecular weight is 429 g/mol. The maximum Gasteiger partial charge on any atom is 0.416 e. The lowest BCUT2D eigenvalue weighted by molar-refractivity contribution is -0.137. The summed E-state index contributed by atoms with van der Waals surface area (Å²) in [5.41, 5.74) is -0.00254. The lowest BCUT2D eigenvalue weighted by Crippen LogP contribution is -2.23. The van der Waals surface area contributed by atoms with Gasteiger partial charge in [-0.3, -0.25) is 14.6 Å². The van der Waals surface area contributed by atoms with Crippen LogP contribution >= 0.6 is 0 Å². The number of ether oxygens (including phenoxy) is 1. The highest BCUT2D eigenvalue weighted by molar-refractivity contribution is 5.94. The molecule has 0 fully saturated rings. The zero-order valence-corrected chi connectivity index (χ0v) is 16.4. The molecule has 2 amide bonds. The lowest BCUT2D eigenvalue weighted by atomic mass is 10.1. The number of nitrogens with zero attached hydrogens (tertiary/aromatic N) is 1. The van der Waals surface area contributed by atoms with Crippen molar-refractivity contribution in [3.05, 3.63) is 89.2 Å². The van der Waals surface area contributed by atoms with Gasteiger partial charge in [-0.25, -0.2) is 0 Å². The quantitative estimate of drug-likeness (QED) is 0.616. The third-order valence-electron chi connectivity index (χ3n) is 4.23. The van der Waals surface area contributed by atoms with Crippen molar-refractivity contribution in [2.45, 2.75) is 12.7 Å². The summed E-state index contributed by atoms with van der Waals surface area (Å²) in [5, 5.41) is 5.06. The van der Waals surface area contributed by atoms with E-state index in [2.05, 4.69) is 15.6 Å². The normalized spacial score (nSPS) is 11.0. The molecule has 3 rings (SSSR count). The molecule has 31 heavy (non-hydrogen) atoms. The van der Waals surface area contributed by atoms with Gasteiger partial charge in [0.05, 0.1) is 5.56 Å². The Balaban J connectivity index is 1.67. The Morgan fingerprint density at radius 2 is 1.71 bits per heavy atom. The SMILES string of the molecule is CNC(=O)c1cc(Oc2cccc(C(=O)NCc3cccc(C(F)(F)F)c3)c2)ccn1. The number of hydrogen-bond acceptors (Lipinski definition) is 4. The van der Waals surface area contributed by atoms with E-state index in [-0.39, 0.29) is 23.7 Å². The van der Waals surface area contributed by atoms with E-state index in [1.54, 1.807) is 24.3 Å². The third-order valence-corrected chi connectivity index (χ3v) is 4.23. The van der Waals surface area contributed by atoms with Crippen molar-refractivity contribution < 1.29 is 27.5 Å². The number of carbonyl (C=O) groups is 2. The Bertz CT molecular complexity index is 1100. The minimum atomic E-state index is -4.45. The Hall–Kier alpha value is -3.88. The number of nitrogens with one attached hydrogen (secondary N) is 2. The van der Waals surface area contributed by atoms with Gasteiger partial charge in [0, 0.05) is 31.4 Å². The van der Waals surface area contributed by atoms with E-state index in [9.17, 15) is 22.8 Å². The monoisotopic (exact) mass is 429 g/mol. The summed E-state index contributed by atoms with van der Waals surface area (Å²) < 4.78 is 44.1. The Kier molecular flexibility index (Phi) is 6.54. The molecule has 0 aliphatic carbocycles. The van der Waals surface area contributed by atoms with E-state index in [1.165, 1.54) is 37.5 Å². The highest BCUT2D eigenvalue weighted by Crippen LogP contribution is 2.29.